The average molecular weight is 459 g/mol. The number of unbranched alkanes of at least 4 members (excludes halogenated alkanes) is 1. The molecule has 0 spiro atoms. The van der Waals surface area contributed by atoms with Crippen molar-refractivity contribution in [1.29, 1.82) is 0 Å². The van der Waals surface area contributed by atoms with Gasteiger partial charge in [0, 0.05) is 43.8 Å². The first-order valence-corrected chi connectivity index (χ1v) is 12.2. The lowest BCUT2D eigenvalue weighted by Gasteiger charge is -2.28. The quantitative estimate of drug-likeness (QED) is 0.224. The second-order valence-corrected chi connectivity index (χ2v) is 9.06. The van der Waals surface area contributed by atoms with E-state index in [4.69, 9.17) is 18.6 Å². The fourth-order valence-corrected chi connectivity index (χ4v) is 4.43. The third-order valence-electron chi connectivity index (χ3n) is 6.48. The van der Waals surface area contributed by atoms with E-state index in [1.807, 2.05) is 19.9 Å². The molecule has 3 rings (SSSR count). The number of hydrogen-bond donors (Lipinski definition) is 1. The number of hydrogen-bond acceptors (Lipinski definition) is 6. The summed E-state index contributed by atoms with van der Waals surface area (Å²) in [6, 6.07) is 2.12. The Morgan fingerprint density at radius 3 is 2.94 bits per heavy atom. The molecule has 1 N–H and O–H groups in total. The molecule has 0 radical (unpaired) electrons. The molecule has 6 nitrogen and oxygen atoms in total. The Labute approximate surface area is 197 Å². The van der Waals surface area contributed by atoms with Crippen molar-refractivity contribution in [3.8, 4) is 11.8 Å². The number of carbonyl (C=O) groups is 1. The Kier molecular flexibility index (Phi) is 10.1. The van der Waals surface area contributed by atoms with Crippen LogP contribution in [0, 0.1) is 17.8 Å². The predicted molar refractivity (Wildman–Crippen MR) is 126 cm³/mol. The molecule has 33 heavy (non-hydrogen) atoms. The average Bonchev–Trinajstić information content (AvgIpc) is 3.36. The summed E-state index contributed by atoms with van der Waals surface area (Å²) in [5.74, 6) is 7.72. The number of carbonyl (C=O) groups excluding carboxylic acids is 1. The number of esters is 1. The predicted octanol–water partition coefficient (Wildman–Crippen LogP) is 4.68. The first-order chi connectivity index (χ1) is 16.0. The normalized spacial score (nSPS) is 24.2. The summed E-state index contributed by atoms with van der Waals surface area (Å²) in [7, 11) is 1.42. The minimum atomic E-state index is -0.564. The molecule has 1 fully saturated rings. The molecule has 1 saturated heterocycles. The van der Waals surface area contributed by atoms with Crippen LogP contribution in [0.4, 0.5) is 0 Å². The molecule has 6 heteroatoms. The zero-order valence-corrected chi connectivity index (χ0v) is 20.2. The topological polar surface area (TPSA) is 78.1 Å². The molecule has 182 valence electrons. The number of methoxy groups -OCH3 is 1. The van der Waals surface area contributed by atoms with Gasteiger partial charge in [0.2, 0.25) is 0 Å². The minimum Gasteiger partial charge on any atom is -0.469 e. The smallest absolute Gasteiger partial charge is 0.305 e. The van der Waals surface area contributed by atoms with Gasteiger partial charge in [-0.3, -0.25) is 4.79 Å². The van der Waals surface area contributed by atoms with E-state index in [0.717, 1.165) is 62.2 Å². The Bertz CT molecular complexity index is 839. The summed E-state index contributed by atoms with van der Waals surface area (Å²) in [6.07, 6.45) is 10.5. The highest BCUT2D eigenvalue weighted by molar-refractivity contribution is 5.68. The van der Waals surface area contributed by atoms with Gasteiger partial charge in [-0.15, -0.1) is 11.8 Å². The Morgan fingerprint density at radius 1 is 1.36 bits per heavy atom. The van der Waals surface area contributed by atoms with Gasteiger partial charge in [0.05, 0.1) is 19.3 Å². The summed E-state index contributed by atoms with van der Waals surface area (Å²) in [6.45, 7) is 4.57. The van der Waals surface area contributed by atoms with Crippen LogP contribution in [0.3, 0.4) is 0 Å². The van der Waals surface area contributed by atoms with E-state index in [2.05, 4.69) is 24.0 Å². The Morgan fingerprint density at radius 2 is 2.21 bits per heavy atom. The van der Waals surface area contributed by atoms with Crippen LogP contribution >= 0.6 is 0 Å². The molecular formula is C27H38O6. The van der Waals surface area contributed by atoms with Crippen molar-refractivity contribution in [1.82, 2.24) is 0 Å². The fourth-order valence-electron chi connectivity index (χ4n) is 4.43. The van der Waals surface area contributed by atoms with Crippen molar-refractivity contribution >= 4 is 5.97 Å². The summed E-state index contributed by atoms with van der Waals surface area (Å²) >= 11 is 0. The molecule has 0 amide bonds. The van der Waals surface area contributed by atoms with Gasteiger partial charge in [0.25, 0.3) is 0 Å². The lowest BCUT2D eigenvalue weighted by molar-refractivity contribution is -0.188. The number of fused-ring (bicyclic) bond motifs is 1. The van der Waals surface area contributed by atoms with Crippen LogP contribution in [-0.4, -0.2) is 43.3 Å². The third kappa shape index (κ3) is 7.46. The molecule has 2 aliphatic rings. The molecule has 1 aliphatic heterocycles. The summed E-state index contributed by atoms with van der Waals surface area (Å²) < 4.78 is 23.0. The van der Waals surface area contributed by atoms with Crippen LogP contribution in [0.5, 0.6) is 0 Å². The molecule has 1 aromatic heterocycles. The first kappa shape index (κ1) is 25.6. The zero-order chi connectivity index (χ0) is 23.6. The SMILES string of the molecule is CC#CC[C@H](C)[C@H](O)C=C[C@@H]1c2cc(CCCCC(=O)OC)oc2C[C@H]1OC1CCCCO1. The van der Waals surface area contributed by atoms with Gasteiger partial charge in [-0.2, -0.15) is 0 Å². The highest BCUT2D eigenvalue weighted by Crippen LogP contribution is 2.40. The van der Waals surface area contributed by atoms with Gasteiger partial charge in [-0.05, 0) is 51.0 Å². The van der Waals surface area contributed by atoms with E-state index in [0.29, 0.717) is 19.3 Å². The number of aryl methyl sites for hydroxylation is 1. The van der Waals surface area contributed by atoms with E-state index in [1.54, 1.807) is 0 Å². The minimum absolute atomic E-state index is 0.0113. The molecule has 2 heterocycles. The van der Waals surface area contributed by atoms with Crippen molar-refractivity contribution in [3.05, 3.63) is 35.3 Å². The van der Waals surface area contributed by atoms with Crippen molar-refractivity contribution < 1.29 is 28.5 Å². The standard InChI is InChI=1S/C27H38O6/c1-4-5-10-19(2)23(28)15-14-21-22-17-20(11-6-7-12-26(29)30-3)32-25(22)18-24(21)33-27-13-8-9-16-31-27/h14-15,17,19,21,23-24,27-28H,6-13,16,18H2,1-3H3/t19-,21+,23+,24+,27?/m0/s1. The van der Waals surface area contributed by atoms with E-state index >= 15 is 0 Å². The molecule has 1 aromatic rings. The van der Waals surface area contributed by atoms with Gasteiger partial charge in [-0.25, -0.2) is 0 Å². The lowest BCUT2D eigenvalue weighted by atomic mass is 9.95. The molecule has 0 saturated carbocycles. The van der Waals surface area contributed by atoms with Crippen LogP contribution in [0.15, 0.2) is 22.6 Å². The third-order valence-corrected chi connectivity index (χ3v) is 6.48. The monoisotopic (exact) mass is 458 g/mol. The van der Waals surface area contributed by atoms with E-state index < -0.39 is 6.10 Å². The van der Waals surface area contributed by atoms with Crippen LogP contribution in [0.1, 0.15) is 81.8 Å². The highest BCUT2D eigenvalue weighted by atomic mass is 16.7. The van der Waals surface area contributed by atoms with Gasteiger partial charge < -0.3 is 23.7 Å². The van der Waals surface area contributed by atoms with Gasteiger partial charge in [-0.1, -0.05) is 19.1 Å². The number of aliphatic hydroxyl groups is 1. The number of furan rings is 1. The maximum Gasteiger partial charge on any atom is 0.305 e. The molecular weight excluding hydrogens is 420 g/mol. The lowest BCUT2D eigenvalue weighted by Crippen LogP contribution is -2.30. The largest absolute Gasteiger partial charge is 0.469 e. The zero-order valence-electron chi connectivity index (χ0n) is 20.2. The first-order valence-electron chi connectivity index (χ1n) is 12.2. The van der Waals surface area contributed by atoms with Crippen LogP contribution in [0.2, 0.25) is 0 Å². The van der Waals surface area contributed by atoms with Crippen LogP contribution < -0.4 is 0 Å². The number of aliphatic hydroxyl groups excluding tert-OH is 1. The van der Waals surface area contributed by atoms with Gasteiger partial charge >= 0.3 is 5.97 Å². The Balaban J connectivity index is 1.66. The van der Waals surface area contributed by atoms with Crippen molar-refractivity contribution in [2.45, 2.75) is 96.1 Å². The van der Waals surface area contributed by atoms with E-state index in [-0.39, 0.29) is 30.2 Å². The van der Waals surface area contributed by atoms with Crippen molar-refractivity contribution in [3.63, 3.8) is 0 Å². The van der Waals surface area contributed by atoms with E-state index in [9.17, 15) is 9.90 Å². The van der Waals surface area contributed by atoms with Crippen molar-refractivity contribution in [2.24, 2.45) is 5.92 Å². The van der Waals surface area contributed by atoms with Crippen LogP contribution in [-0.2, 0) is 31.8 Å². The van der Waals surface area contributed by atoms with Gasteiger partial charge in [0.1, 0.15) is 11.5 Å². The molecule has 1 unspecified atom stereocenters. The second kappa shape index (κ2) is 13.0. The second-order valence-electron chi connectivity index (χ2n) is 9.06. The number of rotatable bonds is 11. The molecule has 0 aromatic carbocycles. The van der Waals surface area contributed by atoms with Gasteiger partial charge in [0.15, 0.2) is 6.29 Å². The fraction of sp³-hybridized carbons (Fsp3) is 0.667. The summed E-state index contributed by atoms with van der Waals surface area (Å²) in [4.78, 5) is 11.3. The number of ether oxygens (including phenoxy) is 3. The molecule has 5 atom stereocenters. The van der Waals surface area contributed by atoms with E-state index in [1.165, 1.54) is 7.11 Å². The summed E-state index contributed by atoms with van der Waals surface area (Å²) in [5.41, 5.74) is 1.13. The maximum absolute atomic E-state index is 11.3. The molecule has 0 bridgehead atoms. The highest BCUT2D eigenvalue weighted by Gasteiger charge is 2.37. The maximum atomic E-state index is 11.3. The Hall–Kier alpha value is -2.07. The summed E-state index contributed by atoms with van der Waals surface area (Å²) in [5, 5.41) is 10.6. The molecule has 1 aliphatic carbocycles. The van der Waals surface area contributed by atoms with Crippen LogP contribution in [0.25, 0.3) is 0 Å². The van der Waals surface area contributed by atoms with Crippen molar-refractivity contribution in [2.75, 3.05) is 13.7 Å².